The number of ether oxygens (including phenoxy) is 1. The van der Waals surface area contributed by atoms with Crippen LogP contribution in [-0.4, -0.2) is 37.1 Å². The van der Waals surface area contributed by atoms with E-state index in [0.717, 1.165) is 0 Å². The first-order chi connectivity index (χ1) is 5.48. The van der Waals surface area contributed by atoms with Crippen molar-refractivity contribution >= 4 is 0 Å². The summed E-state index contributed by atoms with van der Waals surface area (Å²) in [6.07, 6.45) is -6.50. The van der Waals surface area contributed by atoms with Gasteiger partial charge in [0.25, 0.3) is 0 Å². The molecular formula is C6H12F3NO2. The van der Waals surface area contributed by atoms with Crippen LogP contribution in [0.3, 0.4) is 0 Å². The predicted octanol–water partition coefficient (Wildman–Crippen LogP) is 0.275. The second-order valence-corrected chi connectivity index (χ2v) is 2.27. The lowest BCUT2D eigenvalue weighted by atomic mass is 10.4. The SMILES string of the molecule is NCCCOCC(O)C(F)(F)F. The molecule has 0 saturated heterocycles. The molecule has 0 aliphatic rings. The molecule has 1 unspecified atom stereocenters. The minimum atomic E-state index is -4.59. The van der Waals surface area contributed by atoms with Crippen LogP contribution in [0.5, 0.6) is 0 Å². The lowest BCUT2D eigenvalue weighted by molar-refractivity contribution is -0.217. The summed E-state index contributed by atoms with van der Waals surface area (Å²) in [5, 5.41) is 8.40. The zero-order valence-corrected chi connectivity index (χ0v) is 6.47. The number of hydrogen-bond acceptors (Lipinski definition) is 3. The molecule has 3 nitrogen and oxygen atoms in total. The Morgan fingerprint density at radius 3 is 2.42 bits per heavy atom. The fourth-order valence-electron chi connectivity index (χ4n) is 0.475. The summed E-state index contributed by atoms with van der Waals surface area (Å²) in [6, 6.07) is 0. The molecule has 0 bridgehead atoms. The molecule has 0 radical (unpaired) electrons. The van der Waals surface area contributed by atoms with Gasteiger partial charge in [-0.1, -0.05) is 0 Å². The van der Waals surface area contributed by atoms with Crippen LogP contribution in [0.4, 0.5) is 13.2 Å². The highest BCUT2D eigenvalue weighted by molar-refractivity contribution is 4.63. The molecule has 12 heavy (non-hydrogen) atoms. The summed E-state index contributed by atoms with van der Waals surface area (Å²) in [7, 11) is 0. The van der Waals surface area contributed by atoms with Crippen LogP contribution in [0.25, 0.3) is 0 Å². The summed E-state index contributed by atoms with van der Waals surface area (Å²) in [4.78, 5) is 0. The highest BCUT2D eigenvalue weighted by Gasteiger charge is 2.38. The van der Waals surface area contributed by atoms with E-state index in [0.29, 0.717) is 13.0 Å². The normalized spacial score (nSPS) is 14.8. The van der Waals surface area contributed by atoms with Crippen molar-refractivity contribution in [1.82, 2.24) is 0 Å². The molecule has 0 aromatic rings. The first kappa shape index (κ1) is 11.7. The van der Waals surface area contributed by atoms with Crippen molar-refractivity contribution in [3.8, 4) is 0 Å². The number of rotatable bonds is 5. The first-order valence-electron chi connectivity index (χ1n) is 3.51. The number of alkyl halides is 3. The molecule has 6 heteroatoms. The number of aliphatic hydroxyl groups is 1. The fourth-order valence-corrected chi connectivity index (χ4v) is 0.475. The van der Waals surface area contributed by atoms with Gasteiger partial charge < -0.3 is 15.6 Å². The van der Waals surface area contributed by atoms with Gasteiger partial charge in [0.05, 0.1) is 6.61 Å². The Kier molecular flexibility index (Phi) is 5.19. The van der Waals surface area contributed by atoms with Crippen LogP contribution in [0, 0.1) is 0 Å². The molecule has 0 saturated carbocycles. The van der Waals surface area contributed by atoms with Crippen molar-refractivity contribution in [2.75, 3.05) is 19.8 Å². The van der Waals surface area contributed by atoms with E-state index >= 15 is 0 Å². The molecule has 0 fully saturated rings. The van der Waals surface area contributed by atoms with Gasteiger partial charge in [0.1, 0.15) is 0 Å². The van der Waals surface area contributed by atoms with Crippen molar-refractivity contribution in [1.29, 1.82) is 0 Å². The second kappa shape index (κ2) is 5.34. The maximum atomic E-state index is 11.6. The van der Waals surface area contributed by atoms with Crippen molar-refractivity contribution in [3.63, 3.8) is 0 Å². The van der Waals surface area contributed by atoms with Gasteiger partial charge in [0, 0.05) is 6.61 Å². The largest absolute Gasteiger partial charge is 0.416 e. The average Bonchev–Trinajstić information content (AvgIpc) is 1.96. The van der Waals surface area contributed by atoms with Gasteiger partial charge in [-0.2, -0.15) is 13.2 Å². The van der Waals surface area contributed by atoms with Crippen LogP contribution in [0.15, 0.2) is 0 Å². The second-order valence-electron chi connectivity index (χ2n) is 2.27. The molecule has 0 aliphatic carbocycles. The summed E-state index contributed by atoms with van der Waals surface area (Å²) in [5.74, 6) is 0. The van der Waals surface area contributed by atoms with E-state index < -0.39 is 18.9 Å². The molecule has 0 amide bonds. The highest BCUT2D eigenvalue weighted by atomic mass is 19.4. The molecule has 1 atom stereocenters. The van der Waals surface area contributed by atoms with Gasteiger partial charge in [0.2, 0.25) is 0 Å². The fraction of sp³-hybridized carbons (Fsp3) is 1.00. The first-order valence-corrected chi connectivity index (χ1v) is 3.51. The quantitative estimate of drug-likeness (QED) is 0.607. The van der Waals surface area contributed by atoms with Gasteiger partial charge in [-0.05, 0) is 13.0 Å². The van der Waals surface area contributed by atoms with E-state index in [1.54, 1.807) is 0 Å². The van der Waals surface area contributed by atoms with Crippen molar-refractivity contribution < 1.29 is 23.0 Å². The van der Waals surface area contributed by atoms with Gasteiger partial charge in [0.15, 0.2) is 6.10 Å². The molecule has 3 N–H and O–H groups in total. The van der Waals surface area contributed by atoms with E-state index in [1.165, 1.54) is 0 Å². The van der Waals surface area contributed by atoms with Crippen LogP contribution < -0.4 is 5.73 Å². The Labute approximate surface area is 68.3 Å². The average molecular weight is 187 g/mol. The lowest BCUT2D eigenvalue weighted by Crippen LogP contribution is -2.33. The molecule has 0 aromatic heterocycles. The maximum Gasteiger partial charge on any atom is 0.416 e. The van der Waals surface area contributed by atoms with E-state index in [1.807, 2.05) is 0 Å². The third-order valence-electron chi connectivity index (χ3n) is 1.15. The Hall–Kier alpha value is -0.330. The molecule has 0 aromatic carbocycles. The van der Waals surface area contributed by atoms with Gasteiger partial charge >= 0.3 is 6.18 Å². The number of hydrogen-bond donors (Lipinski definition) is 2. The van der Waals surface area contributed by atoms with Gasteiger partial charge in [-0.15, -0.1) is 0 Å². The minimum Gasteiger partial charge on any atom is -0.382 e. The third-order valence-corrected chi connectivity index (χ3v) is 1.15. The topological polar surface area (TPSA) is 55.5 Å². The highest BCUT2D eigenvalue weighted by Crippen LogP contribution is 2.19. The standard InChI is InChI=1S/C6H12F3NO2/c7-6(8,9)5(11)4-12-3-1-2-10/h5,11H,1-4,10H2. The Balaban J connectivity index is 3.38. The third kappa shape index (κ3) is 5.34. The van der Waals surface area contributed by atoms with E-state index in [9.17, 15) is 13.2 Å². The smallest absolute Gasteiger partial charge is 0.382 e. The molecule has 0 aliphatic heterocycles. The summed E-state index contributed by atoms with van der Waals surface area (Å²) >= 11 is 0. The maximum absolute atomic E-state index is 11.6. The molecule has 74 valence electrons. The summed E-state index contributed by atoms with van der Waals surface area (Å²) < 4.78 is 39.3. The van der Waals surface area contributed by atoms with Gasteiger partial charge in [-0.3, -0.25) is 0 Å². The van der Waals surface area contributed by atoms with Crippen molar-refractivity contribution in [2.24, 2.45) is 5.73 Å². The number of aliphatic hydroxyl groups excluding tert-OH is 1. The number of nitrogens with two attached hydrogens (primary N) is 1. The number of halogens is 3. The minimum absolute atomic E-state index is 0.142. The van der Waals surface area contributed by atoms with E-state index in [2.05, 4.69) is 4.74 Å². The Morgan fingerprint density at radius 2 is 2.00 bits per heavy atom. The van der Waals surface area contributed by atoms with E-state index in [-0.39, 0.29) is 6.61 Å². The molecular weight excluding hydrogens is 175 g/mol. The van der Waals surface area contributed by atoms with Crippen LogP contribution in [0.2, 0.25) is 0 Å². The van der Waals surface area contributed by atoms with Crippen LogP contribution >= 0.6 is 0 Å². The van der Waals surface area contributed by atoms with E-state index in [4.69, 9.17) is 10.8 Å². The van der Waals surface area contributed by atoms with Crippen LogP contribution in [-0.2, 0) is 4.74 Å². The summed E-state index contributed by atoms with van der Waals surface area (Å²) in [6.45, 7) is -0.213. The zero-order chi connectivity index (χ0) is 9.61. The van der Waals surface area contributed by atoms with Crippen molar-refractivity contribution in [2.45, 2.75) is 18.7 Å². The molecule has 0 heterocycles. The molecule has 0 rings (SSSR count). The summed E-state index contributed by atoms with van der Waals surface area (Å²) in [5.41, 5.74) is 5.07. The zero-order valence-electron chi connectivity index (χ0n) is 6.47. The lowest BCUT2D eigenvalue weighted by Gasteiger charge is -2.13. The predicted molar refractivity (Wildman–Crippen MR) is 36.6 cm³/mol. The van der Waals surface area contributed by atoms with Gasteiger partial charge in [-0.25, -0.2) is 0 Å². The Morgan fingerprint density at radius 1 is 1.42 bits per heavy atom. The monoisotopic (exact) mass is 187 g/mol. The van der Waals surface area contributed by atoms with Crippen molar-refractivity contribution in [3.05, 3.63) is 0 Å². The van der Waals surface area contributed by atoms with Crippen LogP contribution in [0.1, 0.15) is 6.42 Å². The molecule has 0 spiro atoms. The Bertz CT molecular complexity index is 118.